The molecular weight excluding hydrogens is 217 g/mol. The number of nitriles is 1. The molecule has 1 rings (SSSR count). The molecule has 1 aromatic carbocycles. The van der Waals surface area contributed by atoms with Crippen molar-refractivity contribution in [3.63, 3.8) is 0 Å². The number of halogens is 1. The molecule has 0 bridgehead atoms. The lowest BCUT2D eigenvalue weighted by Crippen LogP contribution is -2.15. The number of carbonyl (C=O) groups excluding carboxylic acids is 1. The van der Waals surface area contributed by atoms with Gasteiger partial charge < -0.3 is 10.2 Å². The van der Waals surface area contributed by atoms with Crippen molar-refractivity contribution in [3.8, 4) is 6.07 Å². The molecule has 5 nitrogen and oxygen atoms in total. The van der Waals surface area contributed by atoms with E-state index in [0.29, 0.717) is 0 Å². The molecule has 0 heterocycles. The zero-order chi connectivity index (χ0) is 12.3. The number of nitrogens with zero attached hydrogens (tertiary/aromatic N) is 1. The summed E-state index contributed by atoms with van der Waals surface area (Å²) in [7, 11) is 0. The third-order valence-electron chi connectivity index (χ3n) is 1.96. The molecule has 0 spiro atoms. The summed E-state index contributed by atoms with van der Waals surface area (Å²) in [5.41, 5.74) is -1.42. The van der Waals surface area contributed by atoms with E-state index in [2.05, 4.69) is 0 Å². The Morgan fingerprint density at radius 3 is 2.62 bits per heavy atom. The molecule has 0 saturated heterocycles. The van der Waals surface area contributed by atoms with Gasteiger partial charge in [-0.1, -0.05) is 0 Å². The quantitative estimate of drug-likeness (QED) is 0.732. The number of hydrogen-bond donors (Lipinski definition) is 2. The fourth-order valence-electron chi connectivity index (χ4n) is 1.19. The highest BCUT2D eigenvalue weighted by molar-refractivity contribution is 5.80. The van der Waals surface area contributed by atoms with Crippen LogP contribution in [0.4, 0.5) is 4.39 Å². The van der Waals surface area contributed by atoms with Crippen molar-refractivity contribution < 1.29 is 24.2 Å². The molecule has 82 valence electrons. The maximum absolute atomic E-state index is 13.5. The van der Waals surface area contributed by atoms with Crippen molar-refractivity contribution in [2.24, 2.45) is 0 Å². The molecule has 1 unspecified atom stereocenters. The first-order chi connectivity index (χ1) is 7.52. The van der Waals surface area contributed by atoms with Crippen LogP contribution in [0.15, 0.2) is 12.1 Å². The number of aliphatic hydroxyl groups excluding tert-OH is 1. The minimum atomic E-state index is -2.17. The van der Waals surface area contributed by atoms with Crippen LogP contribution in [0.1, 0.15) is 27.6 Å². The van der Waals surface area contributed by atoms with E-state index >= 15 is 0 Å². The molecule has 0 aromatic heterocycles. The number of rotatable bonds is 3. The molecule has 16 heavy (non-hydrogen) atoms. The van der Waals surface area contributed by atoms with Crippen molar-refractivity contribution in [3.05, 3.63) is 34.6 Å². The number of aliphatic hydroxyl groups is 1. The lowest BCUT2D eigenvalue weighted by molar-refractivity contribution is -0.147. The number of benzene rings is 1. The Kier molecular flexibility index (Phi) is 3.33. The topological polar surface area (TPSA) is 98.4 Å². The SMILES string of the molecule is N#Cc1ccc(C=O)c(F)c1C(O)C(=O)O. The van der Waals surface area contributed by atoms with Gasteiger partial charge in [0.2, 0.25) is 0 Å². The Morgan fingerprint density at radius 2 is 2.19 bits per heavy atom. The monoisotopic (exact) mass is 223 g/mol. The van der Waals surface area contributed by atoms with E-state index in [-0.39, 0.29) is 11.8 Å². The van der Waals surface area contributed by atoms with Crippen molar-refractivity contribution in [2.75, 3.05) is 0 Å². The number of hydrogen-bond acceptors (Lipinski definition) is 4. The summed E-state index contributed by atoms with van der Waals surface area (Å²) in [6.07, 6.45) is -2.00. The van der Waals surface area contributed by atoms with E-state index in [1.807, 2.05) is 0 Å². The van der Waals surface area contributed by atoms with Crippen LogP contribution in [0.25, 0.3) is 0 Å². The first-order valence-corrected chi connectivity index (χ1v) is 4.11. The summed E-state index contributed by atoms with van der Waals surface area (Å²) >= 11 is 0. The van der Waals surface area contributed by atoms with Crippen LogP contribution in [0.2, 0.25) is 0 Å². The van der Waals surface area contributed by atoms with Gasteiger partial charge in [0.1, 0.15) is 5.82 Å². The minimum absolute atomic E-state index is 0.175. The van der Waals surface area contributed by atoms with Crippen LogP contribution >= 0.6 is 0 Å². The number of aliphatic carboxylic acids is 1. The average molecular weight is 223 g/mol. The Bertz CT molecular complexity index is 492. The Hall–Kier alpha value is -2.26. The molecule has 0 amide bonds. The molecule has 6 heteroatoms. The van der Waals surface area contributed by atoms with Crippen LogP contribution in [0, 0.1) is 17.1 Å². The zero-order valence-electron chi connectivity index (χ0n) is 7.85. The van der Waals surface area contributed by atoms with E-state index in [0.717, 1.165) is 12.1 Å². The van der Waals surface area contributed by atoms with Gasteiger partial charge in [-0.2, -0.15) is 5.26 Å². The zero-order valence-corrected chi connectivity index (χ0v) is 7.85. The number of carboxylic acids is 1. The fourth-order valence-corrected chi connectivity index (χ4v) is 1.19. The van der Waals surface area contributed by atoms with Gasteiger partial charge >= 0.3 is 5.97 Å². The minimum Gasteiger partial charge on any atom is -0.479 e. The van der Waals surface area contributed by atoms with Gasteiger partial charge in [-0.3, -0.25) is 4.79 Å². The Labute approximate surface area is 89.4 Å². The molecular formula is C10H6FNO4. The molecule has 2 N–H and O–H groups in total. The summed E-state index contributed by atoms with van der Waals surface area (Å²) < 4.78 is 13.5. The second-order valence-corrected chi connectivity index (χ2v) is 2.90. The molecule has 0 saturated carbocycles. The van der Waals surface area contributed by atoms with E-state index in [4.69, 9.17) is 10.4 Å². The highest BCUT2D eigenvalue weighted by atomic mass is 19.1. The smallest absolute Gasteiger partial charge is 0.337 e. The lowest BCUT2D eigenvalue weighted by Gasteiger charge is -2.10. The molecule has 0 fully saturated rings. The van der Waals surface area contributed by atoms with E-state index < -0.39 is 29.0 Å². The molecule has 0 radical (unpaired) electrons. The highest BCUT2D eigenvalue weighted by Gasteiger charge is 2.25. The second kappa shape index (κ2) is 4.51. The summed E-state index contributed by atoms with van der Waals surface area (Å²) in [6, 6.07) is 3.66. The van der Waals surface area contributed by atoms with Crippen LogP contribution < -0.4 is 0 Å². The molecule has 1 aromatic rings. The van der Waals surface area contributed by atoms with Crippen molar-refractivity contribution in [1.29, 1.82) is 5.26 Å². The van der Waals surface area contributed by atoms with Gasteiger partial charge in [-0.15, -0.1) is 0 Å². The highest BCUT2D eigenvalue weighted by Crippen LogP contribution is 2.23. The van der Waals surface area contributed by atoms with Gasteiger partial charge in [0.25, 0.3) is 0 Å². The Balaban J connectivity index is 3.50. The maximum Gasteiger partial charge on any atom is 0.337 e. The first-order valence-electron chi connectivity index (χ1n) is 4.11. The summed E-state index contributed by atoms with van der Waals surface area (Å²) in [4.78, 5) is 20.9. The second-order valence-electron chi connectivity index (χ2n) is 2.90. The molecule has 0 aliphatic heterocycles. The summed E-state index contributed by atoms with van der Waals surface area (Å²) in [5, 5.41) is 26.4. The fraction of sp³-hybridized carbons (Fsp3) is 0.100. The molecule has 0 aliphatic rings. The molecule has 1 atom stereocenters. The Morgan fingerprint density at radius 1 is 1.56 bits per heavy atom. The van der Waals surface area contributed by atoms with Gasteiger partial charge in [0.05, 0.1) is 17.2 Å². The van der Waals surface area contributed by atoms with E-state index in [9.17, 15) is 19.1 Å². The first kappa shape index (κ1) is 11.8. The third kappa shape index (κ3) is 1.89. The maximum atomic E-state index is 13.5. The summed E-state index contributed by atoms with van der Waals surface area (Å²) in [5.74, 6) is -2.89. The third-order valence-corrected chi connectivity index (χ3v) is 1.96. The van der Waals surface area contributed by atoms with Crippen molar-refractivity contribution in [1.82, 2.24) is 0 Å². The molecule has 0 aliphatic carbocycles. The van der Waals surface area contributed by atoms with Crippen molar-refractivity contribution >= 4 is 12.3 Å². The van der Waals surface area contributed by atoms with Crippen LogP contribution in [-0.4, -0.2) is 22.5 Å². The number of aldehydes is 1. The predicted molar refractivity (Wildman–Crippen MR) is 49.1 cm³/mol. The van der Waals surface area contributed by atoms with Crippen molar-refractivity contribution in [2.45, 2.75) is 6.10 Å². The summed E-state index contributed by atoms with van der Waals surface area (Å²) in [6.45, 7) is 0. The largest absolute Gasteiger partial charge is 0.479 e. The van der Waals surface area contributed by atoms with E-state index in [1.165, 1.54) is 0 Å². The number of carboxylic acid groups (broad SMARTS) is 1. The van der Waals surface area contributed by atoms with Gasteiger partial charge in [-0.25, -0.2) is 9.18 Å². The van der Waals surface area contributed by atoms with Gasteiger partial charge in [0.15, 0.2) is 12.4 Å². The lowest BCUT2D eigenvalue weighted by atomic mass is 9.99. The average Bonchev–Trinajstić information content (AvgIpc) is 2.27. The van der Waals surface area contributed by atoms with Gasteiger partial charge in [-0.05, 0) is 12.1 Å². The van der Waals surface area contributed by atoms with Crippen LogP contribution in [-0.2, 0) is 4.79 Å². The van der Waals surface area contributed by atoms with Crippen LogP contribution in [0.3, 0.4) is 0 Å². The van der Waals surface area contributed by atoms with Gasteiger partial charge in [0, 0.05) is 5.56 Å². The number of carbonyl (C=O) groups is 2. The van der Waals surface area contributed by atoms with E-state index in [1.54, 1.807) is 6.07 Å². The predicted octanol–water partition coefficient (Wildman–Crippen LogP) is 0.628. The van der Waals surface area contributed by atoms with Crippen LogP contribution in [0.5, 0.6) is 0 Å². The normalized spacial score (nSPS) is 11.6. The standard InChI is InChI=1S/C10H6FNO4/c11-8-6(4-13)2-1-5(3-12)7(8)9(14)10(15)16/h1-2,4,9,14H,(H,15,16).